The molecule has 2 heterocycles. The molecule has 1 aliphatic heterocycles. The first-order valence-corrected chi connectivity index (χ1v) is 4.62. The number of furan rings is 1. The molecule has 0 aliphatic carbocycles. The molecular weight excluding hydrogens is 162 g/mol. The lowest BCUT2D eigenvalue weighted by Gasteiger charge is -2.26. The van der Waals surface area contributed by atoms with Crippen molar-refractivity contribution < 1.29 is 4.42 Å². The predicted octanol–water partition coefficient (Wildman–Crippen LogP) is 2.12. The number of nitrogens with one attached hydrogen (secondary N) is 1. The molecule has 0 spiro atoms. The van der Waals surface area contributed by atoms with Crippen LogP contribution in [-0.2, 0) is 0 Å². The van der Waals surface area contributed by atoms with Gasteiger partial charge in [-0.1, -0.05) is 18.2 Å². The molecule has 0 atom stereocenters. The number of hydrogen-bond donors (Lipinski definition) is 1. The first-order chi connectivity index (χ1) is 6.45. The average Bonchev–Trinajstić information content (AvgIpc) is 2.47. The van der Waals surface area contributed by atoms with Gasteiger partial charge in [0.15, 0.2) is 0 Å². The van der Waals surface area contributed by atoms with E-state index in [1.165, 1.54) is 10.9 Å². The van der Waals surface area contributed by atoms with Crippen LogP contribution in [0.3, 0.4) is 0 Å². The number of benzene rings is 1. The van der Waals surface area contributed by atoms with Gasteiger partial charge in [-0.25, -0.2) is 0 Å². The second-order valence-corrected chi connectivity index (χ2v) is 3.54. The highest BCUT2D eigenvalue weighted by Gasteiger charge is 2.22. The van der Waals surface area contributed by atoms with E-state index < -0.39 is 0 Å². The zero-order valence-electron chi connectivity index (χ0n) is 7.29. The van der Waals surface area contributed by atoms with Crippen LogP contribution in [0.15, 0.2) is 34.9 Å². The average molecular weight is 173 g/mol. The van der Waals surface area contributed by atoms with Gasteiger partial charge in [0.1, 0.15) is 5.58 Å². The normalized spacial score (nSPS) is 17.5. The highest BCUT2D eigenvalue weighted by molar-refractivity contribution is 5.81. The first kappa shape index (κ1) is 7.15. The van der Waals surface area contributed by atoms with Crippen LogP contribution >= 0.6 is 0 Å². The van der Waals surface area contributed by atoms with Gasteiger partial charge >= 0.3 is 0 Å². The van der Waals surface area contributed by atoms with E-state index in [9.17, 15) is 0 Å². The van der Waals surface area contributed by atoms with Crippen molar-refractivity contribution in [3.63, 3.8) is 0 Å². The van der Waals surface area contributed by atoms with E-state index in [-0.39, 0.29) is 0 Å². The van der Waals surface area contributed by atoms with Crippen LogP contribution in [0.4, 0.5) is 0 Å². The monoisotopic (exact) mass is 173 g/mol. The van der Waals surface area contributed by atoms with Crippen LogP contribution in [0.5, 0.6) is 0 Å². The van der Waals surface area contributed by atoms with E-state index in [0.29, 0.717) is 5.92 Å². The molecule has 2 heteroatoms. The van der Waals surface area contributed by atoms with E-state index in [1.807, 2.05) is 18.4 Å². The van der Waals surface area contributed by atoms with Gasteiger partial charge < -0.3 is 9.73 Å². The van der Waals surface area contributed by atoms with Crippen molar-refractivity contribution in [2.24, 2.45) is 0 Å². The van der Waals surface area contributed by atoms with E-state index in [0.717, 1.165) is 18.7 Å². The quantitative estimate of drug-likeness (QED) is 0.714. The van der Waals surface area contributed by atoms with E-state index in [4.69, 9.17) is 4.42 Å². The zero-order valence-corrected chi connectivity index (χ0v) is 7.29. The van der Waals surface area contributed by atoms with Crippen LogP contribution in [0.2, 0.25) is 0 Å². The maximum Gasteiger partial charge on any atom is 0.134 e. The van der Waals surface area contributed by atoms with Crippen molar-refractivity contribution in [2.45, 2.75) is 5.92 Å². The molecule has 0 bridgehead atoms. The third kappa shape index (κ3) is 0.988. The van der Waals surface area contributed by atoms with Crippen molar-refractivity contribution in [1.29, 1.82) is 0 Å². The molecule has 0 radical (unpaired) electrons. The second-order valence-electron chi connectivity index (χ2n) is 3.54. The molecule has 2 nitrogen and oxygen atoms in total. The first-order valence-electron chi connectivity index (χ1n) is 4.62. The molecular formula is C11H11NO. The largest absolute Gasteiger partial charge is 0.464 e. The lowest BCUT2D eigenvalue weighted by atomic mass is 9.93. The number of rotatable bonds is 1. The Bertz CT molecular complexity index is 428. The van der Waals surface area contributed by atoms with Crippen molar-refractivity contribution in [3.05, 3.63) is 36.1 Å². The number of para-hydroxylation sites is 1. The van der Waals surface area contributed by atoms with Crippen molar-refractivity contribution in [3.8, 4) is 0 Å². The molecule has 13 heavy (non-hydrogen) atoms. The topological polar surface area (TPSA) is 25.2 Å². The lowest BCUT2D eigenvalue weighted by Crippen LogP contribution is -2.39. The van der Waals surface area contributed by atoms with Crippen LogP contribution in [0.25, 0.3) is 11.0 Å². The molecule has 1 aliphatic rings. The molecule has 0 saturated carbocycles. The number of hydrogen-bond acceptors (Lipinski definition) is 2. The van der Waals surface area contributed by atoms with Crippen LogP contribution < -0.4 is 5.32 Å². The summed E-state index contributed by atoms with van der Waals surface area (Å²) in [5, 5.41) is 4.54. The minimum atomic E-state index is 0.656. The summed E-state index contributed by atoms with van der Waals surface area (Å²) in [7, 11) is 0. The zero-order chi connectivity index (χ0) is 8.67. The summed E-state index contributed by atoms with van der Waals surface area (Å²) in [6.07, 6.45) is 1.90. The number of fused-ring (bicyclic) bond motifs is 1. The van der Waals surface area contributed by atoms with Crippen molar-refractivity contribution in [1.82, 2.24) is 5.32 Å². The third-order valence-corrected chi connectivity index (χ3v) is 2.73. The summed E-state index contributed by atoms with van der Waals surface area (Å²) in [5.41, 5.74) is 2.36. The van der Waals surface area contributed by atoms with E-state index >= 15 is 0 Å². The second kappa shape index (κ2) is 2.60. The van der Waals surface area contributed by atoms with Crippen LogP contribution in [0.1, 0.15) is 11.5 Å². The fraction of sp³-hybridized carbons (Fsp3) is 0.273. The lowest BCUT2D eigenvalue weighted by molar-refractivity contribution is 0.445. The maximum absolute atomic E-state index is 5.48. The minimum Gasteiger partial charge on any atom is -0.464 e. The molecule has 1 saturated heterocycles. The minimum absolute atomic E-state index is 0.656. The Labute approximate surface area is 76.5 Å². The Morgan fingerprint density at radius 2 is 2.08 bits per heavy atom. The van der Waals surface area contributed by atoms with Gasteiger partial charge in [-0.3, -0.25) is 0 Å². The van der Waals surface area contributed by atoms with Crippen LogP contribution in [0, 0.1) is 0 Å². The Hall–Kier alpha value is -1.28. The van der Waals surface area contributed by atoms with Gasteiger partial charge in [-0.05, 0) is 6.07 Å². The fourth-order valence-corrected chi connectivity index (χ4v) is 1.82. The SMILES string of the molecule is c1ccc2c(C3CNC3)coc2c1. The third-order valence-electron chi connectivity index (χ3n) is 2.73. The summed E-state index contributed by atoms with van der Waals surface area (Å²) >= 11 is 0. The Morgan fingerprint density at radius 3 is 2.85 bits per heavy atom. The van der Waals surface area contributed by atoms with Gasteiger partial charge in [0, 0.05) is 30.0 Å². The van der Waals surface area contributed by atoms with Crippen LogP contribution in [-0.4, -0.2) is 13.1 Å². The van der Waals surface area contributed by atoms with Gasteiger partial charge in [0.05, 0.1) is 6.26 Å². The maximum atomic E-state index is 5.48. The summed E-state index contributed by atoms with van der Waals surface area (Å²) in [4.78, 5) is 0. The van der Waals surface area contributed by atoms with Crippen molar-refractivity contribution >= 4 is 11.0 Å². The van der Waals surface area contributed by atoms with Crippen molar-refractivity contribution in [2.75, 3.05) is 13.1 Å². The molecule has 0 unspecified atom stereocenters. The molecule has 1 aromatic heterocycles. The fourth-order valence-electron chi connectivity index (χ4n) is 1.82. The van der Waals surface area contributed by atoms with Gasteiger partial charge in [0.2, 0.25) is 0 Å². The Kier molecular flexibility index (Phi) is 1.43. The Morgan fingerprint density at radius 1 is 1.23 bits per heavy atom. The van der Waals surface area contributed by atoms with Gasteiger partial charge in [-0.2, -0.15) is 0 Å². The molecule has 1 N–H and O–H groups in total. The molecule has 2 aromatic rings. The highest BCUT2D eigenvalue weighted by Crippen LogP contribution is 2.29. The van der Waals surface area contributed by atoms with Gasteiger partial charge in [0.25, 0.3) is 0 Å². The van der Waals surface area contributed by atoms with E-state index in [2.05, 4.69) is 17.4 Å². The summed E-state index contributed by atoms with van der Waals surface area (Å²) < 4.78 is 5.48. The molecule has 1 fully saturated rings. The standard InChI is InChI=1S/C11H11NO/c1-2-4-11-9(3-1)10(7-13-11)8-5-12-6-8/h1-4,7-8,12H,5-6H2. The van der Waals surface area contributed by atoms with Gasteiger partial charge in [-0.15, -0.1) is 0 Å². The molecule has 3 rings (SSSR count). The molecule has 66 valence electrons. The molecule has 0 amide bonds. The smallest absolute Gasteiger partial charge is 0.134 e. The summed E-state index contributed by atoms with van der Waals surface area (Å²) in [6, 6.07) is 8.22. The van der Waals surface area contributed by atoms with E-state index in [1.54, 1.807) is 0 Å². The molecule has 1 aromatic carbocycles. The predicted molar refractivity (Wildman–Crippen MR) is 51.8 cm³/mol. The summed E-state index contributed by atoms with van der Waals surface area (Å²) in [6.45, 7) is 2.17. The summed E-state index contributed by atoms with van der Waals surface area (Å²) in [5.74, 6) is 0.656. The highest BCUT2D eigenvalue weighted by atomic mass is 16.3. The Balaban J connectivity index is 2.17.